The molecule has 0 atom stereocenters. The highest BCUT2D eigenvalue weighted by Crippen LogP contribution is 2.24. The highest BCUT2D eigenvalue weighted by Gasteiger charge is 2.26. The first-order valence-corrected chi connectivity index (χ1v) is 7.21. The Balaban J connectivity index is 2.01. The highest BCUT2D eigenvalue weighted by atomic mass is 79.9. The Morgan fingerprint density at radius 2 is 2.05 bits per heavy atom. The fourth-order valence-electron chi connectivity index (χ4n) is 2.28. The lowest BCUT2D eigenvalue weighted by Gasteiger charge is -2.22. The quantitative estimate of drug-likeness (QED) is 0.906. The summed E-state index contributed by atoms with van der Waals surface area (Å²) in [6.07, 6.45) is 3.40. The number of nitrogens with zero attached hydrogens (tertiary/aromatic N) is 2. The van der Waals surface area contributed by atoms with E-state index in [0.717, 1.165) is 10.0 Å². The normalized spacial score (nSPS) is 14.4. The minimum absolute atomic E-state index is 0.00501. The van der Waals surface area contributed by atoms with E-state index < -0.39 is 0 Å². The minimum atomic E-state index is -0.228. The van der Waals surface area contributed by atoms with Crippen LogP contribution in [0, 0.1) is 0 Å². The van der Waals surface area contributed by atoms with Crippen LogP contribution in [0.1, 0.15) is 15.9 Å². The van der Waals surface area contributed by atoms with E-state index in [1.165, 1.54) is 0 Å². The molecule has 0 saturated heterocycles. The molecule has 1 aliphatic heterocycles. The molecule has 2 heterocycles. The van der Waals surface area contributed by atoms with Gasteiger partial charge in [-0.05, 0) is 39.7 Å². The predicted molar refractivity (Wildman–Crippen MR) is 81.9 cm³/mol. The van der Waals surface area contributed by atoms with Gasteiger partial charge in [0, 0.05) is 16.9 Å². The second-order valence-corrected chi connectivity index (χ2v) is 5.61. The summed E-state index contributed by atoms with van der Waals surface area (Å²) in [7, 11) is 0. The van der Waals surface area contributed by atoms with E-state index >= 15 is 0 Å². The summed E-state index contributed by atoms with van der Waals surface area (Å²) >= 11 is 3.37. The van der Waals surface area contributed by atoms with Gasteiger partial charge in [0.05, 0.1) is 24.3 Å². The Hall–Kier alpha value is -2.21. The third kappa shape index (κ3) is 2.80. The van der Waals surface area contributed by atoms with Crippen molar-refractivity contribution in [3.05, 3.63) is 58.3 Å². The lowest BCUT2D eigenvalue weighted by atomic mass is 10.1. The van der Waals surface area contributed by atoms with Gasteiger partial charge in [-0.2, -0.15) is 0 Å². The van der Waals surface area contributed by atoms with Gasteiger partial charge >= 0.3 is 0 Å². The standard InChI is InChI=1S/C15H12BrN3O2/c16-11-5-10(6-17-7-11)9-19-13-4-2-1-3-12(13)15(21)18-8-14(19)20/h1-7H,8-9H2,(H,18,21). The molecule has 0 bridgehead atoms. The third-order valence-electron chi connectivity index (χ3n) is 3.24. The van der Waals surface area contributed by atoms with Crippen LogP contribution in [-0.4, -0.2) is 23.3 Å². The van der Waals surface area contributed by atoms with Gasteiger partial charge in [0.2, 0.25) is 5.91 Å². The Bertz CT molecular complexity index is 718. The van der Waals surface area contributed by atoms with E-state index in [1.807, 2.05) is 12.1 Å². The van der Waals surface area contributed by atoms with Crippen LogP contribution in [0.5, 0.6) is 0 Å². The predicted octanol–water partition coefficient (Wildman–Crippen LogP) is 2.12. The smallest absolute Gasteiger partial charge is 0.253 e. The van der Waals surface area contributed by atoms with E-state index in [2.05, 4.69) is 26.2 Å². The van der Waals surface area contributed by atoms with Crippen molar-refractivity contribution < 1.29 is 9.59 Å². The monoisotopic (exact) mass is 345 g/mol. The number of amides is 2. The van der Waals surface area contributed by atoms with Crippen molar-refractivity contribution in [2.24, 2.45) is 0 Å². The highest BCUT2D eigenvalue weighted by molar-refractivity contribution is 9.10. The van der Waals surface area contributed by atoms with Crippen LogP contribution < -0.4 is 10.2 Å². The number of hydrogen-bond donors (Lipinski definition) is 1. The zero-order chi connectivity index (χ0) is 14.8. The average Bonchev–Trinajstić information content (AvgIpc) is 2.60. The lowest BCUT2D eigenvalue weighted by Crippen LogP contribution is -2.36. The molecule has 1 aromatic heterocycles. The summed E-state index contributed by atoms with van der Waals surface area (Å²) in [5.41, 5.74) is 2.02. The van der Waals surface area contributed by atoms with Crippen LogP contribution in [0.4, 0.5) is 5.69 Å². The Morgan fingerprint density at radius 3 is 2.86 bits per heavy atom. The average molecular weight is 346 g/mol. The fourth-order valence-corrected chi connectivity index (χ4v) is 2.69. The van der Waals surface area contributed by atoms with Crippen molar-refractivity contribution in [2.45, 2.75) is 6.54 Å². The van der Waals surface area contributed by atoms with Crippen molar-refractivity contribution in [2.75, 3.05) is 11.4 Å². The van der Waals surface area contributed by atoms with Gasteiger partial charge in [0.15, 0.2) is 0 Å². The van der Waals surface area contributed by atoms with Crippen LogP contribution in [-0.2, 0) is 11.3 Å². The molecule has 2 amide bonds. The number of nitrogens with one attached hydrogen (secondary N) is 1. The number of benzene rings is 1. The van der Waals surface area contributed by atoms with Crippen LogP contribution in [0.3, 0.4) is 0 Å². The van der Waals surface area contributed by atoms with Crippen molar-refractivity contribution in [1.82, 2.24) is 10.3 Å². The molecule has 5 nitrogen and oxygen atoms in total. The molecule has 1 N–H and O–H groups in total. The molecule has 3 rings (SSSR count). The second-order valence-electron chi connectivity index (χ2n) is 4.69. The molecule has 0 aliphatic carbocycles. The SMILES string of the molecule is O=C1NCC(=O)N(Cc2cncc(Br)c2)c2ccccc21. The third-order valence-corrected chi connectivity index (χ3v) is 3.68. The summed E-state index contributed by atoms with van der Waals surface area (Å²) in [6.45, 7) is 0.367. The van der Waals surface area contributed by atoms with E-state index in [-0.39, 0.29) is 18.4 Å². The number of rotatable bonds is 2. The molecule has 6 heteroatoms. The topological polar surface area (TPSA) is 62.3 Å². The second kappa shape index (κ2) is 5.65. The Kier molecular flexibility index (Phi) is 3.70. The number of aromatic nitrogens is 1. The van der Waals surface area contributed by atoms with Crippen molar-refractivity contribution in [1.29, 1.82) is 0 Å². The fraction of sp³-hybridized carbons (Fsp3) is 0.133. The molecular weight excluding hydrogens is 334 g/mol. The summed E-state index contributed by atoms with van der Waals surface area (Å²) in [5.74, 6) is -0.373. The molecule has 1 aromatic carbocycles. The molecule has 0 saturated carbocycles. The number of para-hydroxylation sites is 1. The van der Waals surface area contributed by atoms with E-state index in [1.54, 1.807) is 35.5 Å². The van der Waals surface area contributed by atoms with Crippen LogP contribution in [0.25, 0.3) is 0 Å². The first-order chi connectivity index (χ1) is 10.1. The minimum Gasteiger partial charge on any atom is -0.343 e. The van der Waals surface area contributed by atoms with Gasteiger partial charge in [-0.25, -0.2) is 0 Å². The molecule has 0 spiro atoms. The zero-order valence-electron chi connectivity index (χ0n) is 11.0. The summed E-state index contributed by atoms with van der Waals surface area (Å²) in [4.78, 5) is 30.0. The first kappa shape index (κ1) is 13.8. The molecule has 2 aromatic rings. The number of halogens is 1. The first-order valence-electron chi connectivity index (χ1n) is 6.42. The van der Waals surface area contributed by atoms with Gasteiger partial charge in [0.1, 0.15) is 0 Å². The molecular formula is C15H12BrN3O2. The largest absolute Gasteiger partial charge is 0.343 e. The van der Waals surface area contributed by atoms with Crippen molar-refractivity contribution in [3.8, 4) is 0 Å². The van der Waals surface area contributed by atoms with Gasteiger partial charge in [0.25, 0.3) is 5.91 Å². The number of hydrogen-bond acceptors (Lipinski definition) is 3. The van der Waals surface area contributed by atoms with Gasteiger partial charge in [-0.3, -0.25) is 14.6 Å². The lowest BCUT2D eigenvalue weighted by molar-refractivity contribution is -0.117. The number of fused-ring (bicyclic) bond motifs is 1. The van der Waals surface area contributed by atoms with Gasteiger partial charge in [-0.15, -0.1) is 0 Å². The van der Waals surface area contributed by atoms with Crippen molar-refractivity contribution >= 4 is 33.4 Å². The number of pyridine rings is 1. The number of anilines is 1. The zero-order valence-corrected chi connectivity index (χ0v) is 12.6. The van der Waals surface area contributed by atoms with Crippen molar-refractivity contribution in [3.63, 3.8) is 0 Å². The molecule has 0 fully saturated rings. The summed E-state index contributed by atoms with van der Waals surface area (Å²) in [6, 6.07) is 9.01. The molecule has 1 aliphatic rings. The molecule has 106 valence electrons. The van der Waals surface area contributed by atoms with Crippen LogP contribution in [0.15, 0.2) is 47.2 Å². The summed E-state index contributed by atoms with van der Waals surface area (Å²) < 4.78 is 0.852. The number of carbonyl (C=O) groups is 2. The van der Waals surface area contributed by atoms with Gasteiger partial charge in [-0.1, -0.05) is 12.1 Å². The molecule has 21 heavy (non-hydrogen) atoms. The Labute approximate surface area is 130 Å². The maximum atomic E-state index is 12.3. The van der Waals surface area contributed by atoms with E-state index in [9.17, 15) is 9.59 Å². The molecule has 0 radical (unpaired) electrons. The van der Waals surface area contributed by atoms with Crippen LogP contribution in [0.2, 0.25) is 0 Å². The maximum absolute atomic E-state index is 12.3. The van der Waals surface area contributed by atoms with E-state index in [4.69, 9.17) is 0 Å². The molecule has 0 unspecified atom stereocenters. The van der Waals surface area contributed by atoms with Crippen LogP contribution >= 0.6 is 15.9 Å². The van der Waals surface area contributed by atoms with E-state index in [0.29, 0.717) is 17.8 Å². The maximum Gasteiger partial charge on any atom is 0.253 e. The number of carbonyl (C=O) groups excluding carboxylic acids is 2. The van der Waals surface area contributed by atoms with Gasteiger partial charge < -0.3 is 10.2 Å². The Morgan fingerprint density at radius 1 is 1.24 bits per heavy atom. The summed E-state index contributed by atoms with van der Waals surface area (Å²) in [5, 5.41) is 2.62.